The molecule has 46 heavy (non-hydrogen) atoms. The number of fused-ring (bicyclic) bond motifs is 9. The quantitative estimate of drug-likeness (QED) is 0.200. The molecule has 9 rings (SSSR count). The molecule has 1 aliphatic heterocycles. The molecule has 6 aromatic carbocycles. The highest BCUT2D eigenvalue weighted by atomic mass is 35.5. The third-order valence-corrected chi connectivity index (χ3v) is 9.56. The van der Waals surface area contributed by atoms with Crippen molar-refractivity contribution in [2.45, 2.75) is 12.3 Å². The van der Waals surface area contributed by atoms with Crippen LogP contribution in [-0.2, 0) is 5.41 Å². The summed E-state index contributed by atoms with van der Waals surface area (Å²) in [6.45, 7) is 1.97. The van der Waals surface area contributed by atoms with Gasteiger partial charge < -0.3 is 4.74 Å². The second-order valence-corrected chi connectivity index (χ2v) is 12.3. The lowest BCUT2D eigenvalue weighted by Crippen LogP contribution is -2.32. The van der Waals surface area contributed by atoms with Crippen molar-refractivity contribution in [3.8, 4) is 56.3 Å². The first-order chi connectivity index (χ1) is 22.6. The van der Waals surface area contributed by atoms with E-state index in [1.807, 2.05) is 31.2 Å². The Morgan fingerprint density at radius 3 is 1.89 bits per heavy atom. The van der Waals surface area contributed by atoms with Crippen LogP contribution in [-0.4, -0.2) is 9.97 Å². The Labute approximate surface area is 272 Å². The third-order valence-electron chi connectivity index (χ3n) is 9.32. The van der Waals surface area contributed by atoms with Gasteiger partial charge in [-0.25, -0.2) is 9.97 Å². The number of hydrogen-bond acceptors (Lipinski definition) is 3. The van der Waals surface area contributed by atoms with Crippen molar-refractivity contribution in [3.63, 3.8) is 0 Å². The zero-order chi connectivity index (χ0) is 30.8. The van der Waals surface area contributed by atoms with E-state index in [-0.39, 0.29) is 0 Å². The van der Waals surface area contributed by atoms with Crippen LogP contribution in [0.1, 0.15) is 28.1 Å². The summed E-state index contributed by atoms with van der Waals surface area (Å²) in [4.78, 5) is 9.86. The predicted octanol–water partition coefficient (Wildman–Crippen LogP) is 10.9. The summed E-state index contributed by atoms with van der Waals surface area (Å²) in [5, 5.41) is 0.709. The van der Waals surface area contributed by atoms with Gasteiger partial charge in [0.1, 0.15) is 17.3 Å². The Bertz CT molecular complexity index is 2280. The minimum atomic E-state index is -0.569. The van der Waals surface area contributed by atoms with E-state index in [1.165, 1.54) is 5.56 Å². The molecular formula is C42H27ClN2O. The van der Waals surface area contributed by atoms with Crippen molar-refractivity contribution >= 4 is 11.6 Å². The van der Waals surface area contributed by atoms with Crippen LogP contribution < -0.4 is 4.74 Å². The number of nitrogens with zero attached hydrogens (tertiary/aromatic N) is 2. The standard InChI is InChI=1S/C42H27ClN2O/c1-26-44-38(25-39(45-26)32-14-6-5-13-30(32)27-11-3-2-4-12-27)28-19-22-34-33(23-28)31-21-20-29(43)24-37(31)42(34)35-15-7-9-17-40(35)46-41-18-10-8-16-36(41)42/h2-25H,1H3. The smallest absolute Gasteiger partial charge is 0.132 e. The fourth-order valence-corrected chi connectivity index (χ4v) is 7.64. The highest BCUT2D eigenvalue weighted by Gasteiger charge is 2.51. The fraction of sp³-hybridized carbons (Fsp3) is 0.0476. The van der Waals surface area contributed by atoms with Gasteiger partial charge in [-0.2, -0.15) is 0 Å². The molecule has 2 heterocycles. The minimum Gasteiger partial charge on any atom is -0.457 e. The fourth-order valence-electron chi connectivity index (χ4n) is 7.46. The number of aromatic nitrogens is 2. The van der Waals surface area contributed by atoms with Crippen LogP contribution in [0.2, 0.25) is 5.02 Å². The second-order valence-electron chi connectivity index (χ2n) is 11.9. The normalized spacial score (nSPS) is 13.3. The number of aryl methyl sites for hydroxylation is 1. The van der Waals surface area contributed by atoms with Gasteiger partial charge in [0.2, 0.25) is 0 Å². The zero-order valence-electron chi connectivity index (χ0n) is 25.0. The lowest BCUT2D eigenvalue weighted by molar-refractivity contribution is 0.436. The van der Waals surface area contributed by atoms with Crippen LogP contribution in [0.15, 0.2) is 146 Å². The molecule has 0 radical (unpaired) electrons. The molecule has 7 aromatic rings. The van der Waals surface area contributed by atoms with Gasteiger partial charge in [0.25, 0.3) is 0 Å². The summed E-state index contributed by atoms with van der Waals surface area (Å²) in [6.07, 6.45) is 0. The maximum Gasteiger partial charge on any atom is 0.132 e. The van der Waals surface area contributed by atoms with Crippen LogP contribution >= 0.6 is 11.6 Å². The largest absolute Gasteiger partial charge is 0.457 e. The molecule has 0 saturated carbocycles. The first kappa shape index (κ1) is 26.9. The van der Waals surface area contributed by atoms with E-state index in [2.05, 4.69) is 121 Å². The van der Waals surface area contributed by atoms with Gasteiger partial charge in [-0.15, -0.1) is 0 Å². The van der Waals surface area contributed by atoms with Crippen LogP contribution in [0.5, 0.6) is 11.5 Å². The SMILES string of the molecule is Cc1nc(-c2ccc3c(c2)-c2ccc(Cl)cc2C32c3ccccc3Oc3ccccc32)cc(-c2ccccc2-c2ccccc2)n1. The van der Waals surface area contributed by atoms with Crippen LogP contribution in [0.4, 0.5) is 0 Å². The Hall–Kier alpha value is -5.51. The molecule has 2 aliphatic rings. The van der Waals surface area contributed by atoms with Gasteiger partial charge in [-0.3, -0.25) is 0 Å². The molecule has 0 amide bonds. The maximum atomic E-state index is 6.75. The molecule has 0 fully saturated rings. The average molecular weight is 611 g/mol. The summed E-state index contributed by atoms with van der Waals surface area (Å²) < 4.78 is 6.48. The summed E-state index contributed by atoms with van der Waals surface area (Å²) >= 11 is 6.75. The molecular weight excluding hydrogens is 584 g/mol. The molecule has 0 atom stereocenters. The zero-order valence-corrected chi connectivity index (χ0v) is 25.8. The summed E-state index contributed by atoms with van der Waals surface area (Å²) in [6, 6.07) is 50.8. The van der Waals surface area contributed by atoms with Gasteiger partial charge >= 0.3 is 0 Å². The highest BCUT2D eigenvalue weighted by Crippen LogP contribution is 2.62. The predicted molar refractivity (Wildman–Crippen MR) is 185 cm³/mol. The van der Waals surface area contributed by atoms with Crippen LogP contribution in [0.3, 0.4) is 0 Å². The summed E-state index contributed by atoms with van der Waals surface area (Å²) in [5.41, 5.74) is 12.6. The van der Waals surface area contributed by atoms with Crippen molar-refractivity contribution < 1.29 is 4.74 Å². The van der Waals surface area contributed by atoms with Gasteiger partial charge in [-0.1, -0.05) is 121 Å². The first-order valence-electron chi connectivity index (χ1n) is 15.4. The van der Waals surface area contributed by atoms with Crippen molar-refractivity contribution in [2.24, 2.45) is 0 Å². The Kier molecular flexibility index (Phi) is 5.99. The maximum absolute atomic E-state index is 6.75. The lowest BCUT2D eigenvalue weighted by atomic mass is 9.66. The first-order valence-corrected chi connectivity index (χ1v) is 15.8. The molecule has 0 N–H and O–H groups in total. The molecule has 0 saturated heterocycles. The van der Waals surface area contributed by atoms with Crippen molar-refractivity contribution in [3.05, 3.63) is 179 Å². The Morgan fingerprint density at radius 2 is 1.13 bits per heavy atom. The van der Waals surface area contributed by atoms with Crippen molar-refractivity contribution in [1.82, 2.24) is 9.97 Å². The van der Waals surface area contributed by atoms with E-state index in [0.717, 1.165) is 78.8 Å². The monoisotopic (exact) mass is 610 g/mol. The Balaban J connectivity index is 1.26. The van der Waals surface area contributed by atoms with E-state index in [0.29, 0.717) is 5.02 Å². The summed E-state index contributed by atoms with van der Waals surface area (Å²) in [7, 11) is 0. The Morgan fingerprint density at radius 1 is 0.478 bits per heavy atom. The molecule has 4 heteroatoms. The van der Waals surface area contributed by atoms with Gasteiger partial charge in [0, 0.05) is 27.3 Å². The van der Waals surface area contributed by atoms with Crippen LogP contribution in [0, 0.1) is 6.92 Å². The molecule has 1 aromatic heterocycles. The number of para-hydroxylation sites is 2. The van der Waals surface area contributed by atoms with Gasteiger partial charge in [0.05, 0.1) is 16.8 Å². The average Bonchev–Trinajstić information content (AvgIpc) is 3.37. The van der Waals surface area contributed by atoms with Crippen molar-refractivity contribution in [1.29, 1.82) is 0 Å². The number of halogens is 1. The van der Waals surface area contributed by atoms with E-state index >= 15 is 0 Å². The number of hydrogen-bond donors (Lipinski definition) is 0. The van der Waals surface area contributed by atoms with E-state index < -0.39 is 5.41 Å². The van der Waals surface area contributed by atoms with Crippen LogP contribution in [0.25, 0.3) is 44.8 Å². The number of benzene rings is 6. The van der Waals surface area contributed by atoms with E-state index in [1.54, 1.807) is 0 Å². The molecule has 0 unspecified atom stereocenters. The highest BCUT2D eigenvalue weighted by molar-refractivity contribution is 6.30. The minimum absolute atomic E-state index is 0.569. The van der Waals surface area contributed by atoms with E-state index in [9.17, 15) is 0 Å². The van der Waals surface area contributed by atoms with Gasteiger partial charge in [-0.05, 0) is 76.7 Å². The van der Waals surface area contributed by atoms with E-state index in [4.69, 9.17) is 26.3 Å². The molecule has 1 aliphatic carbocycles. The molecule has 0 bridgehead atoms. The van der Waals surface area contributed by atoms with Gasteiger partial charge in [0.15, 0.2) is 0 Å². The van der Waals surface area contributed by atoms with Crippen molar-refractivity contribution in [2.75, 3.05) is 0 Å². The molecule has 1 spiro atoms. The molecule has 3 nitrogen and oxygen atoms in total. The second kappa shape index (κ2) is 10.3. The molecule has 218 valence electrons. The lowest BCUT2D eigenvalue weighted by Gasteiger charge is -2.39. The number of rotatable bonds is 3. The topological polar surface area (TPSA) is 35.0 Å². The third kappa shape index (κ3) is 3.92. The number of ether oxygens (including phenoxy) is 1. The summed E-state index contributed by atoms with van der Waals surface area (Å²) in [5.74, 6) is 2.45.